The zero-order valence-corrected chi connectivity index (χ0v) is 10.1. The largest absolute Gasteiger partial charge is 0.480 e. The zero-order valence-electron chi connectivity index (χ0n) is 9.11. The quantitative estimate of drug-likeness (QED) is 0.485. The van der Waals surface area contributed by atoms with Crippen molar-refractivity contribution in [3.8, 4) is 0 Å². The fraction of sp³-hybridized carbons (Fsp3) is 0.556. The number of carboxylic acid groups (broad SMARTS) is 2. The molecule has 0 aliphatic heterocycles. The molecule has 0 aromatic heterocycles. The number of amides is 1. The van der Waals surface area contributed by atoms with Crippen molar-refractivity contribution in [2.24, 2.45) is 0 Å². The Balaban J connectivity index is 0. The molecule has 0 atom stereocenters. The van der Waals surface area contributed by atoms with Gasteiger partial charge in [-0.2, -0.15) is 0 Å². The Bertz CT molecular complexity index is 256. The molecule has 0 heterocycles. The van der Waals surface area contributed by atoms with Crippen LogP contribution in [0.15, 0.2) is 0 Å². The summed E-state index contributed by atoms with van der Waals surface area (Å²) in [4.78, 5) is 33.1. The summed E-state index contributed by atoms with van der Waals surface area (Å²) in [7, 11) is 0. The van der Waals surface area contributed by atoms with Gasteiger partial charge in [0.2, 0.25) is 5.91 Å². The van der Waals surface area contributed by atoms with Gasteiger partial charge in [0.15, 0.2) is 0 Å². The Labute approximate surface area is 110 Å². The molecular formula is C9H15CuN2O5. The molecule has 8 heteroatoms. The molecular weight excluding hydrogens is 280 g/mol. The number of nitrogens with zero attached hydrogens (tertiary/aromatic N) is 1. The Hall–Kier alpha value is -1.11. The monoisotopic (exact) mass is 294 g/mol. The Morgan fingerprint density at radius 2 is 1.53 bits per heavy atom. The third kappa shape index (κ3) is 11.2. The normalized spacial score (nSPS) is 9.53. The molecule has 0 aromatic rings. The van der Waals surface area contributed by atoms with Crippen molar-refractivity contribution in [3.63, 3.8) is 0 Å². The predicted molar refractivity (Wildman–Crippen MR) is 54.7 cm³/mol. The first-order valence-electron chi connectivity index (χ1n) is 4.67. The second-order valence-electron chi connectivity index (χ2n) is 3.14. The van der Waals surface area contributed by atoms with Crippen LogP contribution in [-0.4, -0.2) is 59.1 Å². The van der Waals surface area contributed by atoms with Gasteiger partial charge in [-0.05, 0) is 6.42 Å². The fourth-order valence-corrected chi connectivity index (χ4v) is 1.04. The summed E-state index contributed by atoms with van der Waals surface area (Å²) in [5.41, 5.74) is 0. The molecule has 3 N–H and O–H groups in total. The Kier molecular flexibility index (Phi) is 10.8. The number of rotatable bonds is 8. The van der Waals surface area contributed by atoms with Gasteiger partial charge in [-0.1, -0.05) is 6.92 Å². The summed E-state index contributed by atoms with van der Waals surface area (Å²) in [6, 6.07) is 0. The number of carbonyl (C=O) groups is 3. The van der Waals surface area contributed by atoms with E-state index in [-0.39, 0.29) is 23.6 Å². The SMILES string of the molecule is [CH2]CCNC(=O)CN(CC(=O)O)CC(=O)O.[Cu]. The van der Waals surface area contributed by atoms with Crippen LogP contribution in [0.4, 0.5) is 0 Å². The first-order valence-corrected chi connectivity index (χ1v) is 4.67. The van der Waals surface area contributed by atoms with Crippen LogP contribution in [0.2, 0.25) is 0 Å². The molecule has 102 valence electrons. The van der Waals surface area contributed by atoms with Crippen LogP contribution in [0.5, 0.6) is 0 Å². The maximum Gasteiger partial charge on any atom is 0.317 e. The van der Waals surface area contributed by atoms with Gasteiger partial charge < -0.3 is 15.5 Å². The van der Waals surface area contributed by atoms with Crippen LogP contribution < -0.4 is 5.32 Å². The topological polar surface area (TPSA) is 107 Å². The molecule has 0 bridgehead atoms. The third-order valence-corrected chi connectivity index (χ3v) is 1.58. The smallest absolute Gasteiger partial charge is 0.317 e. The number of carboxylic acids is 2. The van der Waals surface area contributed by atoms with Crippen LogP contribution in [0, 0.1) is 6.92 Å². The molecule has 2 radical (unpaired) electrons. The summed E-state index contributed by atoms with van der Waals surface area (Å²) in [6.45, 7) is 2.68. The summed E-state index contributed by atoms with van der Waals surface area (Å²) >= 11 is 0. The van der Waals surface area contributed by atoms with E-state index in [4.69, 9.17) is 10.2 Å². The van der Waals surface area contributed by atoms with E-state index in [1.54, 1.807) is 0 Å². The molecule has 1 amide bonds. The molecule has 17 heavy (non-hydrogen) atoms. The van der Waals surface area contributed by atoms with Crippen LogP contribution in [0.1, 0.15) is 6.42 Å². The predicted octanol–water partition coefficient (Wildman–Crippen LogP) is -1.20. The van der Waals surface area contributed by atoms with Gasteiger partial charge >= 0.3 is 11.9 Å². The summed E-state index contributed by atoms with van der Waals surface area (Å²) in [6.07, 6.45) is 0.517. The van der Waals surface area contributed by atoms with Crippen molar-refractivity contribution < 1.29 is 41.7 Å². The van der Waals surface area contributed by atoms with Crippen molar-refractivity contribution in [1.82, 2.24) is 10.2 Å². The van der Waals surface area contributed by atoms with E-state index in [0.717, 1.165) is 4.90 Å². The van der Waals surface area contributed by atoms with Crippen molar-refractivity contribution in [2.75, 3.05) is 26.2 Å². The molecule has 0 fully saturated rings. The van der Waals surface area contributed by atoms with Crippen molar-refractivity contribution >= 4 is 17.8 Å². The average Bonchev–Trinajstić information content (AvgIpc) is 2.12. The molecule has 0 saturated heterocycles. The third-order valence-electron chi connectivity index (χ3n) is 1.58. The van der Waals surface area contributed by atoms with E-state index in [1.165, 1.54) is 0 Å². The van der Waals surface area contributed by atoms with Gasteiger partial charge in [-0.3, -0.25) is 19.3 Å². The molecule has 7 nitrogen and oxygen atoms in total. The van der Waals surface area contributed by atoms with Crippen molar-refractivity contribution in [3.05, 3.63) is 6.92 Å². The summed E-state index contributed by atoms with van der Waals surface area (Å²) < 4.78 is 0. The second kappa shape index (κ2) is 10.1. The van der Waals surface area contributed by atoms with E-state index >= 15 is 0 Å². The number of hydrogen-bond donors (Lipinski definition) is 3. The number of carbonyl (C=O) groups excluding carboxylic acids is 1. The zero-order chi connectivity index (χ0) is 12.6. The molecule has 0 aliphatic carbocycles. The summed E-state index contributed by atoms with van der Waals surface area (Å²) in [5, 5.41) is 19.5. The van der Waals surface area contributed by atoms with Gasteiger partial charge in [0.1, 0.15) is 0 Å². The first-order chi connectivity index (χ1) is 7.45. The van der Waals surface area contributed by atoms with Crippen LogP contribution in [0.25, 0.3) is 0 Å². The van der Waals surface area contributed by atoms with Gasteiger partial charge in [-0.25, -0.2) is 0 Å². The summed E-state index contributed by atoms with van der Waals surface area (Å²) in [5.74, 6) is -2.76. The first kappa shape index (κ1) is 18.3. The number of aliphatic carboxylic acids is 2. The van der Waals surface area contributed by atoms with Gasteiger partial charge in [0.25, 0.3) is 0 Å². The van der Waals surface area contributed by atoms with Gasteiger partial charge in [0, 0.05) is 23.6 Å². The maximum absolute atomic E-state index is 11.2. The van der Waals surface area contributed by atoms with Crippen molar-refractivity contribution in [1.29, 1.82) is 0 Å². The molecule has 0 saturated carbocycles. The maximum atomic E-state index is 11.2. The minimum atomic E-state index is -1.17. The molecule has 0 unspecified atom stereocenters. The second-order valence-corrected chi connectivity index (χ2v) is 3.14. The minimum Gasteiger partial charge on any atom is -0.480 e. The average molecular weight is 295 g/mol. The molecule has 0 spiro atoms. The van der Waals surface area contributed by atoms with E-state index in [0.29, 0.717) is 13.0 Å². The molecule has 0 rings (SSSR count). The van der Waals surface area contributed by atoms with E-state index in [1.807, 2.05) is 0 Å². The Morgan fingerprint density at radius 3 is 1.88 bits per heavy atom. The number of hydrogen-bond acceptors (Lipinski definition) is 4. The van der Waals surface area contributed by atoms with E-state index < -0.39 is 30.9 Å². The van der Waals surface area contributed by atoms with E-state index in [9.17, 15) is 14.4 Å². The van der Waals surface area contributed by atoms with E-state index in [2.05, 4.69) is 12.2 Å². The van der Waals surface area contributed by atoms with Crippen LogP contribution in [-0.2, 0) is 31.5 Å². The number of nitrogens with one attached hydrogen (secondary N) is 1. The van der Waals surface area contributed by atoms with Crippen molar-refractivity contribution in [2.45, 2.75) is 6.42 Å². The standard InChI is InChI=1S/C9H15N2O5.Cu/c1-2-3-10-7(12)4-11(5-8(13)14)6-9(15)16;/h1-6H2,(H,10,12)(H,13,14)(H,15,16);. The minimum absolute atomic E-state index is 0. The van der Waals surface area contributed by atoms with Crippen LogP contribution in [0.3, 0.4) is 0 Å². The molecule has 0 aromatic carbocycles. The van der Waals surface area contributed by atoms with Crippen LogP contribution >= 0.6 is 0 Å². The fourth-order valence-electron chi connectivity index (χ4n) is 1.04. The molecule has 0 aliphatic rings. The van der Waals surface area contributed by atoms with Gasteiger partial charge in [-0.15, -0.1) is 0 Å². The Morgan fingerprint density at radius 1 is 1.06 bits per heavy atom. The van der Waals surface area contributed by atoms with Gasteiger partial charge in [0.05, 0.1) is 19.6 Å².